The van der Waals surface area contributed by atoms with Crippen LogP contribution in [0.25, 0.3) is 11.3 Å². The van der Waals surface area contributed by atoms with Crippen molar-refractivity contribution in [2.24, 2.45) is 7.05 Å². The monoisotopic (exact) mass is 485 g/mol. The Bertz CT molecular complexity index is 1380. The number of carbonyl (C=O) groups is 1. The third-order valence-corrected chi connectivity index (χ3v) is 6.34. The number of hydrogen-bond acceptors (Lipinski definition) is 7. The van der Waals surface area contributed by atoms with Gasteiger partial charge in [0.05, 0.1) is 35.4 Å². The van der Waals surface area contributed by atoms with E-state index in [9.17, 15) is 4.79 Å². The Morgan fingerprint density at radius 3 is 2.75 bits per heavy atom. The average Bonchev–Trinajstić information content (AvgIpc) is 3.46. The largest absolute Gasteiger partial charge is 0.344 e. The highest BCUT2D eigenvalue weighted by Gasteiger charge is 2.24. The lowest BCUT2D eigenvalue weighted by atomic mass is 9.95. The first-order valence-corrected chi connectivity index (χ1v) is 12.2. The summed E-state index contributed by atoms with van der Waals surface area (Å²) in [5.74, 6) is 0.318. The van der Waals surface area contributed by atoms with E-state index in [1.54, 1.807) is 28.0 Å². The van der Waals surface area contributed by atoms with Crippen LogP contribution >= 0.6 is 0 Å². The van der Waals surface area contributed by atoms with Gasteiger partial charge in [-0.15, -0.1) is 5.10 Å². The lowest BCUT2D eigenvalue weighted by molar-refractivity contribution is 0.0929. The summed E-state index contributed by atoms with van der Waals surface area (Å²) in [4.78, 5) is 22.0. The van der Waals surface area contributed by atoms with E-state index in [4.69, 9.17) is 4.98 Å². The van der Waals surface area contributed by atoms with Crippen LogP contribution in [0.1, 0.15) is 67.7 Å². The fourth-order valence-electron chi connectivity index (χ4n) is 4.41. The zero-order valence-electron chi connectivity index (χ0n) is 21.1. The Balaban J connectivity index is 1.36. The molecular weight excluding hydrogens is 454 g/mol. The number of fused-ring (bicyclic) bond motifs is 1. The van der Waals surface area contributed by atoms with Crippen LogP contribution in [-0.2, 0) is 19.0 Å². The Morgan fingerprint density at radius 1 is 1.14 bits per heavy atom. The molecule has 10 heteroatoms. The van der Waals surface area contributed by atoms with Gasteiger partial charge in [0.2, 0.25) is 5.95 Å². The van der Waals surface area contributed by atoms with E-state index in [1.165, 1.54) is 5.56 Å². The van der Waals surface area contributed by atoms with Gasteiger partial charge in [-0.3, -0.25) is 9.48 Å². The van der Waals surface area contributed by atoms with Gasteiger partial charge in [0.25, 0.3) is 5.91 Å². The molecular formula is C26H31N9O. The van der Waals surface area contributed by atoms with Gasteiger partial charge < -0.3 is 10.6 Å². The summed E-state index contributed by atoms with van der Waals surface area (Å²) in [5, 5.41) is 18.8. The molecule has 36 heavy (non-hydrogen) atoms. The van der Waals surface area contributed by atoms with Crippen LogP contribution in [0.15, 0.2) is 49.1 Å². The number of nitrogens with one attached hydrogen (secondary N) is 2. The smallest absolute Gasteiger partial charge is 0.273 e. The van der Waals surface area contributed by atoms with Crippen LogP contribution in [0, 0.1) is 0 Å². The predicted octanol–water partition coefficient (Wildman–Crippen LogP) is 4.16. The maximum atomic E-state index is 13.0. The number of carbonyl (C=O) groups excluding carboxylic acids is 1. The van der Waals surface area contributed by atoms with Crippen molar-refractivity contribution >= 4 is 17.5 Å². The average molecular weight is 486 g/mol. The van der Waals surface area contributed by atoms with Crippen LogP contribution in [0.4, 0.5) is 11.6 Å². The third-order valence-electron chi connectivity index (χ3n) is 6.34. The van der Waals surface area contributed by atoms with E-state index in [0.717, 1.165) is 48.2 Å². The van der Waals surface area contributed by atoms with E-state index in [1.807, 2.05) is 40.1 Å². The summed E-state index contributed by atoms with van der Waals surface area (Å²) in [7, 11) is 1.86. The van der Waals surface area contributed by atoms with Gasteiger partial charge in [-0.25, -0.2) is 14.6 Å². The third kappa shape index (κ3) is 5.12. The molecule has 0 radical (unpaired) electrons. The molecule has 0 saturated heterocycles. The molecule has 10 nitrogen and oxygen atoms in total. The number of aryl methyl sites for hydroxylation is 2. The molecule has 5 rings (SSSR count). The van der Waals surface area contributed by atoms with Gasteiger partial charge in [0.1, 0.15) is 0 Å². The van der Waals surface area contributed by atoms with Gasteiger partial charge in [0.15, 0.2) is 5.69 Å². The maximum Gasteiger partial charge on any atom is 0.273 e. The van der Waals surface area contributed by atoms with Crippen molar-refractivity contribution in [3.63, 3.8) is 0 Å². The molecule has 0 aliphatic heterocycles. The lowest BCUT2D eigenvalue weighted by Crippen LogP contribution is -2.29. The van der Waals surface area contributed by atoms with E-state index < -0.39 is 0 Å². The summed E-state index contributed by atoms with van der Waals surface area (Å²) in [5.41, 5.74) is 5.17. The van der Waals surface area contributed by atoms with Crippen LogP contribution < -0.4 is 10.6 Å². The molecule has 1 atom stereocenters. The molecule has 0 spiro atoms. The number of rotatable bonds is 5. The molecule has 3 heterocycles. The summed E-state index contributed by atoms with van der Waals surface area (Å²) in [6.07, 6.45) is 11.0. The van der Waals surface area contributed by atoms with E-state index in [0.29, 0.717) is 11.6 Å². The standard InChI is InChI=1S/C26H31N9O/c1-26(2,3)35-16-23(32-33-35)24(36)30-22-8-6-5-7-17-13-18(9-10-20(17)22)21-11-12-27-25(31-21)29-19-14-28-34(4)15-19/h9-16,22H,5-8H2,1-4H3,(H,30,36)(H,27,29,31)/t22-/m1/s1. The molecule has 0 unspecified atom stereocenters. The van der Waals surface area contributed by atoms with Crippen LogP contribution in [0.3, 0.4) is 0 Å². The molecule has 1 amide bonds. The van der Waals surface area contributed by atoms with Crippen molar-refractivity contribution in [1.82, 2.24) is 40.1 Å². The van der Waals surface area contributed by atoms with Crippen molar-refractivity contribution < 1.29 is 4.79 Å². The fraction of sp³-hybridized carbons (Fsp3) is 0.385. The summed E-state index contributed by atoms with van der Waals surface area (Å²) in [6.45, 7) is 6.08. The van der Waals surface area contributed by atoms with Gasteiger partial charge in [-0.1, -0.05) is 23.8 Å². The molecule has 4 aromatic rings. The Kier molecular flexibility index (Phi) is 6.26. The molecule has 3 aromatic heterocycles. The van der Waals surface area contributed by atoms with Gasteiger partial charge >= 0.3 is 0 Å². The van der Waals surface area contributed by atoms with Gasteiger partial charge in [-0.2, -0.15) is 5.10 Å². The maximum absolute atomic E-state index is 13.0. The normalized spacial score (nSPS) is 15.7. The van der Waals surface area contributed by atoms with Crippen molar-refractivity contribution in [2.75, 3.05) is 5.32 Å². The second kappa shape index (κ2) is 9.52. The molecule has 0 bridgehead atoms. The minimum atomic E-state index is -0.231. The predicted molar refractivity (Wildman–Crippen MR) is 137 cm³/mol. The summed E-state index contributed by atoms with van der Waals surface area (Å²) < 4.78 is 3.44. The zero-order valence-corrected chi connectivity index (χ0v) is 21.1. The lowest BCUT2D eigenvalue weighted by Gasteiger charge is -2.20. The number of hydrogen-bond donors (Lipinski definition) is 2. The second-order valence-corrected chi connectivity index (χ2v) is 10.2. The first kappa shape index (κ1) is 23.7. The fourth-order valence-corrected chi connectivity index (χ4v) is 4.41. The second-order valence-electron chi connectivity index (χ2n) is 10.2. The summed E-state index contributed by atoms with van der Waals surface area (Å²) >= 11 is 0. The number of anilines is 2. The van der Waals surface area contributed by atoms with Crippen LogP contribution in [0.5, 0.6) is 0 Å². The molecule has 1 aromatic carbocycles. The highest BCUT2D eigenvalue weighted by Crippen LogP contribution is 2.32. The molecule has 1 aliphatic rings. The van der Waals surface area contributed by atoms with Crippen molar-refractivity contribution in [1.29, 1.82) is 0 Å². The Morgan fingerprint density at radius 2 is 2.00 bits per heavy atom. The minimum Gasteiger partial charge on any atom is -0.344 e. The topological polar surface area (TPSA) is 115 Å². The van der Waals surface area contributed by atoms with Crippen molar-refractivity contribution in [3.8, 4) is 11.3 Å². The highest BCUT2D eigenvalue weighted by atomic mass is 16.2. The van der Waals surface area contributed by atoms with Gasteiger partial charge in [0, 0.05) is 25.0 Å². The Hall–Kier alpha value is -4.08. The first-order valence-electron chi connectivity index (χ1n) is 12.2. The van der Waals surface area contributed by atoms with Crippen molar-refractivity contribution in [3.05, 3.63) is 65.9 Å². The van der Waals surface area contributed by atoms with Crippen molar-refractivity contribution in [2.45, 2.75) is 58.0 Å². The van der Waals surface area contributed by atoms with E-state index in [2.05, 4.69) is 49.2 Å². The minimum absolute atomic E-state index is 0.0722. The highest BCUT2D eigenvalue weighted by molar-refractivity contribution is 5.92. The zero-order chi connectivity index (χ0) is 25.3. The SMILES string of the molecule is Cn1cc(Nc2nccc(-c3ccc4c(c3)CCCC[C@H]4NC(=O)c3cn(C(C)(C)C)nn3)n2)cn1. The quantitative estimate of drug-likeness (QED) is 0.408. The molecule has 2 N–H and O–H groups in total. The molecule has 0 saturated carbocycles. The van der Waals surface area contributed by atoms with Crippen LogP contribution in [-0.4, -0.2) is 40.6 Å². The molecule has 1 aliphatic carbocycles. The van der Waals surface area contributed by atoms with E-state index in [-0.39, 0.29) is 17.5 Å². The summed E-state index contributed by atoms with van der Waals surface area (Å²) in [6, 6.07) is 8.20. The van der Waals surface area contributed by atoms with Crippen LogP contribution in [0.2, 0.25) is 0 Å². The first-order chi connectivity index (χ1) is 17.3. The number of amides is 1. The van der Waals surface area contributed by atoms with E-state index >= 15 is 0 Å². The number of nitrogens with zero attached hydrogens (tertiary/aromatic N) is 7. The number of benzene rings is 1. The Labute approximate surface area is 210 Å². The number of aromatic nitrogens is 7. The van der Waals surface area contributed by atoms with Gasteiger partial charge in [-0.05, 0) is 63.3 Å². The molecule has 186 valence electrons. The molecule has 0 fully saturated rings.